The Balaban J connectivity index is 1.85. The number of hydrogen-bond acceptors (Lipinski definition) is 5. The van der Waals surface area contributed by atoms with Crippen LogP contribution in [0.5, 0.6) is 0 Å². The fourth-order valence-corrected chi connectivity index (χ4v) is 3.55. The SMILES string of the molecule is CC(=O)C1=C(O)C(=O)N(CCN2CCNCC2)C1c1ccc(Cl)cc1. The quantitative estimate of drug-likeness (QED) is 0.830. The molecule has 1 atom stereocenters. The third-order valence-electron chi connectivity index (χ3n) is 4.74. The molecule has 1 saturated heterocycles. The van der Waals surface area contributed by atoms with Gasteiger partial charge in [0, 0.05) is 44.3 Å². The van der Waals surface area contributed by atoms with Crippen LogP contribution in [-0.2, 0) is 9.59 Å². The molecule has 0 radical (unpaired) electrons. The molecule has 1 amide bonds. The van der Waals surface area contributed by atoms with Crippen LogP contribution in [0.25, 0.3) is 0 Å². The maximum atomic E-state index is 12.6. The fraction of sp³-hybridized carbons (Fsp3) is 0.444. The summed E-state index contributed by atoms with van der Waals surface area (Å²) in [6.07, 6.45) is 0. The minimum Gasteiger partial charge on any atom is -0.503 e. The summed E-state index contributed by atoms with van der Waals surface area (Å²) in [5.41, 5.74) is 0.931. The van der Waals surface area contributed by atoms with Crippen molar-refractivity contribution in [1.29, 1.82) is 0 Å². The molecule has 0 bridgehead atoms. The van der Waals surface area contributed by atoms with Crippen LogP contribution < -0.4 is 5.32 Å². The highest BCUT2D eigenvalue weighted by Gasteiger charge is 2.42. The van der Waals surface area contributed by atoms with Crippen molar-refractivity contribution in [2.45, 2.75) is 13.0 Å². The molecular formula is C18H22ClN3O3. The lowest BCUT2D eigenvalue weighted by atomic mass is 9.97. The van der Waals surface area contributed by atoms with E-state index in [1.54, 1.807) is 29.2 Å². The molecule has 0 spiro atoms. The summed E-state index contributed by atoms with van der Waals surface area (Å²) in [6.45, 7) is 6.23. The number of aliphatic hydroxyl groups excluding tert-OH is 1. The first kappa shape index (κ1) is 17.9. The van der Waals surface area contributed by atoms with Gasteiger partial charge in [-0.05, 0) is 24.6 Å². The summed E-state index contributed by atoms with van der Waals surface area (Å²) in [7, 11) is 0. The Morgan fingerprint density at radius 1 is 1.24 bits per heavy atom. The zero-order valence-electron chi connectivity index (χ0n) is 14.2. The van der Waals surface area contributed by atoms with E-state index in [9.17, 15) is 14.7 Å². The molecule has 2 N–H and O–H groups in total. The molecular weight excluding hydrogens is 342 g/mol. The summed E-state index contributed by atoms with van der Waals surface area (Å²) in [4.78, 5) is 28.5. The Labute approximate surface area is 152 Å². The van der Waals surface area contributed by atoms with Gasteiger partial charge in [-0.15, -0.1) is 0 Å². The van der Waals surface area contributed by atoms with E-state index in [0.717, 1.165) is 31.7 Å². The Hall–Kier alpha value is -1.89. The summed E-state index contributed by atoms with van der Waals surface area (Å²) < 4.78 is 0. The Bertz CT molecular complexity index is 696. The summed E-state index contributed by atoms with van der Waals surface area (Å²) in [5.74, 6) is -1.22. The first-order valence-electron chi connectivity index (χ1n) is 8.42. The van der Waals surface area contributed by atoms with Gasteiger partial charge in [0.1, 0.15) is 0 Å². The number of nitrogens with one attached hydrogen (secondary N) is 1. The minimum absolute atomic E-state index is 0.160. The molecule has 1 fully saturated rings. The van der Waals surface area contributed by atoms with Crippen molar-refractivity contribution in [3.63, 3.8) is 0 Å². The molecule has 25 heavy (non-hydrogen) atoms. The normalized spacial score (nSPS) is 21.9. The number of piperazine rings is 1. The minimum atomic E-state index is -0.565. The van der Waals surface area contributed by atoms with E-state index >= 15 is 0 Å². The predicted molar refractivity (Wildman–Crippen MR) is 95.6 cm³/mol. The van der Waals surface area contributed by atoms with Crippen LogP contribution in [0.3, 0.4) is 0 Å². The van der Waals surface area contributed by atoms with Crippen molar-refractivity contribution >= 4 is 23.3 Å². The van der Waals surface area contributed by atoms with Gasteiger partial charge >= 0.3 is 0 Å². The second-order valence-corrected chi connectivity index (χ2v) is 6.80. The monoisotopic (exact) mass is 363 g/mol. The van der Waals surface area contributed by atoms with Gasteiger partial charge in [-0.2, -0.15) is 0 Å². The van der Waals surface area contributed by atoms with Crippen LogP contribution in [-0.4, -0.2) is 65.9 Å². The maximum Gasteiger partial charge on any atom is 0.290 e. The standard InChI is InChI=1S/C18H22ClN3O3/c1-12(23)15-16(13-2-4-14(19)5-3-13)22(18(25)17(15)24)11-10-21-8-6-20-7-9-21/h2-5,16,20,24H,6-11H2,1H3. The maximum absolute atomic E-state index is 12.6. The van der Waals surface area contributed by atoms with Crippen LogP contribution in [0, 0.1) is 0 Å². The van der Waals surface area contributed by atoms with Crippen molar-refractivity contribution in [3.05, 3.63) is 46.2 Å². The van der Waals surface area contributed by atoms with E-state index < -0.39 is 17.7 Å². The molecule has 134 valence electrons. The first-order chi connectivity index (χ1) is 12.0. The Morgan fingerprint density at radius 2 is 1.88 bits per heavy atom. The van der Waals surface area contributed by atoms with Crippen LogP contribution in [0.4, 0.5) is 0 Å². The topological polar surface area (TPSA) is 72.9 Å². The average molecular weight is 364 g/mol. The van der Waals surface area contributed by atoms with Crippen molar-refractivity contribution in [2.24, 2.45) is 0 Å². The molecule has 0 aliphatic carbocycles. The number of carbonyl (C=O) groups excluding carboxylic acids is 2. The second kappa shape index (κ2) is 7.56. The number of halogens is 1. The highest BCUT2D eigenvalue weighted by atomic mass is 35.5. The fourth-order valence-electron chi connectivity index (χ4n) is 3.42. The second-order valence-electron chi connectivity index (χ2n) is 6.36. The number of rotatable bonds is 5. The number of Topliss-reactive ketones (excluding diaryl/α,β-unsaturated/α-hetero) is 1. The van der Waals surface area contributed by atoms with Gasteiger partial charge in [-0.3, -0.25) is 14.5 Å². The van der Waals surface area contributed by atoms with Gasteiger partial charge in [-0.25, -0.2) is 0 Å². The van der Waals surface area contributed by atoms with E-state index in [1.807, 2.05) is 0 Å². The van der Waals surface area contributed by atoms with E-state index in [0.29, 0.717) is 18.1 Å². The van der Waals surface area contributed by atoms with Crippen LogP contribution in [0.2, 0.25) is 5.02 Å². The molecule has 1 unspecified atom stereocenters. The van der Waals surface area contributed by atoms with Gasteiger partial charge in [0.15, 0.2) is 11.5 Å². The largest absolute Gasteiger partial charge is 0.503 e. The lowest BCUT2D eigenvalue weighted by Crippen LogP contribution is -2.47. The molecule has 2 heterocycles. The molecule has 2 aliphatic heterocycles. The van der Waals surface area contributed by atoms with E-state index in [4.69, 9.17) is 11.6 Å². The number of amides is 1. The van der Waals surface area contributed by atoms with Crippen LogP contribution >= 0.6 is 11.6 Å². The van der Waals surface area contributed by atoms with Crippen molar-refractivity contribution in [3.8, 4) is 0 Å². The van der Waals surface area contributed by atoms with E-state index in [-0.39, 0.29) is 11.4 Å². The number of aliphatic hydroxyl groups is 1. The summed E-state index contributed by atoms with van der Waals surface area (Å²) in [6, 6.07) is 6.47. The van der Waals surface area contributed by atoms with E-state index in [1.165, 1.54) is 6.92 Å². The van der Waals surface area contributed by atoms with Gasteiger partial charge in [0.05, 0.1) is 11.6 Å². The number of carbonyl (C=O) groups is 2. The van der Waals surface area contributed by atoms with Crippen molar-refractivity contribution in [2.75, 3.05) is 39.3 Å². The van der Waals surface area contributed by atoms with Crippen molar-refractivity contribution < 1.29 is 14.7 Å². The summed E-state index contributed by atoms with van der Waals surface area (Å²) >= 11 is 5.95. The van der Waals surface area contributed by atoms with Gasteiger partial charge < -0.3 is 15.3 Å². The highest BCUT2D eigenvalue weighted by Crippen LogP contribution is 2.37. The zero-order chi connectivity index (χ0) is 18.0. The average Bonchev–Trinajstić information content (AvgIpc) is 2.86. The predicted octanol–water partition coefficient (Wildman–Crippen LogP) is 1.53. The third-order valence-corrected chi connectivity index (χ3v) is 4.99. The Morgan fingerprint density at radius 3 is 2.48 bits per heavy atom. The third kappa shape index (κ3) is 3.71. The Kier molecular flexibility index (Phi) is 5.42. The molecule has 2 aliphatic rings. The van der Waals surface area contributed by atoms with Crippen LogP contribution in [0.1, 0.15) is 18.5 Å². The van der Waals surface area contributed by atoms with E-state index in [2.05, 4.69) is 10.2 Å². The lowest BCUT2D eigenvalue weighted by molar-refractivity contribution is -0.129. The zero-order valence-corrected chi connectivity index (χ0v) is 14.9. The van der Waals surface area contributed by atoms with Gasteiger partial charge in [0.25, 0.3) is 5.91 Å². The number of benzene rings is 1. The van der Waals surface area contributed by atoms with Crippen LogP contribution in [0.15, 0.2) is 35.6 Å². The van der Waals surface area contributed by atoms with Crippen molar-refractivity contribution in [1.82, 2.24) is 15.1 Å². The molecule has 1 aromatic rings. The molecule has 0 saturated carbocycles. The number of hydrogen-bond donors (Lipinski definition) is 2. The molecule has 1 aromatic carbocycles. The lowest BCUT2D eigenvalue weighted by Gasteiger charge is -2.32. The van der Waals surface area contributed by atoms with Gasteiger partial charge in [-0.1, -0.05) is 23.7 Å². The molecule has 3 rings (SSSR count). The molecule has 6 nitrogen and oxygen atoms in total. The molecule has 0 aromatic heterocycles. The molecule has 7 heteroatoms. The first-order valence-corrected chi connectivity index (χ1v) is 8.80. The highest BCUT2D eigenvalue weighted by molar-refractivity contribution is 6.30. The smallest absolute Gasteiger partial charge is 0.290 e. The van der Waals surface area contributed by atoms with Gasteiger partial charge in [0.2, 0.25) is 0 Å². The summed E-state index contributed by atoms with van der Waals surface area (Å²) in [5, 5.41) is 14.1. The number of ketones is 1. The number of nitrogens with zero attached hydrogens (tertiary/aromatic N) is 2.